The van der Waals surface area contributed by atoms with E-state index in [0.29, 0.717) is 17.9 Å². The van der Waals surface area contributed by atoms with Crippen LogP contribution in [0.25, 0.3) is 0 Å². The van der Waals surface area contributed by atoms with Crippen molar-refractivity contribution in [2.45, 2.75) is 19.9 Å². The predicted octanol–water partition coefficient (Wildman–Crippen LogP) is 0.742. The summed E-state index contributed by atoms with van der Waals surface area (Å²) in [5.74, 6) is -0.718. The van der Waals surface area contributed by atoms with Crippen molar-refractivity contribution in [1.82, 2.24) is 9.55 Å². The van der Waals surface area contributed by atoms with Gasteiger partial charge < -0.3 is 14.6 Å². The fourth-order valence-corrected chi connectivity index (χ4v) is 1.97. The zero-order valence-corrected chi connectivity index (χ0v) is 13.1. The average Bonchev–Trinajstić information content (AvgIpc) is 2.55. The molecule has 0 atom stereocenters. The maximum absolute atomic E-state index is 11.9. The molecular formula is C16H17N3O5. The number of aromatic amines is 1. The summed E-state index contributed by atoms with van der Waals surface area (Å²) in [7, 11) is 0. The van der Waals surface area contributed by atoms with Crippen molar-refractivity contribution in [3.05, 3.63) is 62.9 Å². The lowest BCUT2D eigenvalue weighted by Gasteiger charge is -2.07. The Balaban J connectivity index is 1.91. The van der Waals surface area contributed by atoms with Gasteiger partial charge in [0.1, 0.15) is 0 Å². The van der Waals surface area contributed by atoms with Gasteiger partial charge in [0, 0.05) is 30.9 Å². The minimum absolute atomic E-state index is 0.0611. The number of nitrogens with zero attached hydrogens (tertiary/aromatic N) is 1. The number of nitrogens with one attached hydrogen (secondary N) is 2. The quantitative estimate of drug-likeness (QED) is 0.759. The molecule has 2 rings (SSSR count). The number of aromatic nitrogens is 2. The third-order valence-corrected chi connectivity index (χ3v) is 3.16. The summed E-state index contributed by atoms with van der Waals surface area (Å²) in [4.78, 5) is 48.0. The molecule has 0 aliphatic carbocycles. The number of carbonyl (C=O) groups is 2. The summed E-state index contributed by atoms with van der Waals surface area (Å²) in [6.45, 7) is 2.16. The van der Waals surface area contributed by atoms with Crippen LogP contribution in [-0.2, 0) is 16.1 Å². The number of hydrogen-bond donors (Lipinski definition) is 2. The van der Waals surface area contributed by atoms with Gasteiger partial charge in [0.15, 0.2) is 0 Å². The number of carbonyl (C=O) groups excluding carboxylic acids is 2. The molecule has 2 N–H and O–H groups in total. The summed E-state index contributed by atoms with van der Waals surface area (Å²) >= 11 is 0. The molecule has 0 radical (unpaired) electrons. The molecule has 0 aliphatic heterocycles. The fraction of sp³-hybridized carbons (Fsp3) is 0.250. The standard InChI is InChI=1S/C16H17N3O5/c1-2-24-15(22)11-3-5-12(6-4-11)17-13(20)7-9-19-10-8-14(21)18-16(19)23/h3-6,8,10H,2,7,9H2,1H3,(H,17,20)(H,18,21,23). The number of benzene rings is 1. The maximum atomic E-state index is 11.9. The molecular weight excluding hydrogens is 314 g/mol. The molecule has 1 aromatic heterocycles. The molecule has 0 fully saturated rings. The highest BCUT2D eigenvalue weighted by molar-refractivity contribution is 5.93. The second-order valence-electron chi connectivity index (χ2n) is 4.90. The molecule has 0 aliphatic rings. The number of amides is 1. The molecule has 24 heavy (non-hydrogen) atoms. The fourth-order valence-electron chi connectivity index (χ4n) is 1.97. The molecule has 0 unspecified atom stereocenters. The highest BCUT2D eigenvalue weighted by Crippen LogP contribution is 2.11. The second-order valence-corrected chi connectivity index (χ2v) is 4.90. The third kappa shape index (κ3) is 4.67. The highest BCUT2D eigenvalue weighted by atomic mass is 16.5. The number of aryl methyl sites for hydroxylation is 1. The van der Waals surface area contributed by atoms with E-state index in [0.717, 1.165) is 0 Å². The minimum Gasteiger partial charge on any atom is -0.462 e. The van der Waals surface area contributed by atoms with Gasteiger partial charge in [0.2, 0.25) is 5.91 Å². The summed E-state index contributed by atoms with van der Waals surface area (Å²) in [5.41, 5.74) is -0.118. The third-order valence-electron chi connectivity index (χ3n) is 3.16. The van der Waals surface area contributed by atoms with Crippen molar-refractivity contribution in [1.29, 1.82) is 0 Å². The summed E-state index contributed by atoms with van der Waals surface area (Å²) in [5, 5.41) is 2.66. The van der Waals surface area contributed by atoms with E-state index in [-0.39, 0.29) is 18.9 Å². The predicted molar refractivity (Wildman–Crippen MR) is 87.0 cm³/mol. The molecule has 126 valence electrons. The van der Waals surface area contributed by atoms with Gasteiger partial charge in [-0.15, -0.1) is 0 Å². The average molecular weight is 331 g/mol. The Hall–Kier alpha value is -3.16. The van der Waals surface area contributed by atoms with Gasteiger partial charge >= 0.3 is 11.7 Å². The van der Waals surface area contributed by atoms with Crippen molar-refractivity contribution < 1.29 is 14.3 Å². The number of anilines is 1. The van der Waals surface area contributed by atoms with Crippen molar-refractivity contribution >= 4 is 17.6 Å². The number of esters is 1. The van der Waals surface area contributed by atoms with E-state index in [1.54, 1.807) is 31.2 Å². The number of ether oxygens (including phenoxy) is 1. The van der Waals surface area contributed by atoms with E-state index in [4.69, 9.17) is 4.74 Å². The van der Waals surface area contributed by atoms with Gasteiger partial charge in [-0.25, -0.2) is 9.59 Å². The number of hydrogen-bond acceptors (Lipinski definition) is 5. The molecule has 8 heteroatoms. The first-order chi connectivity index (χ1) is 11.5. The normalized spacial score (nSPS) is 10.2. The van der Waals surface area contributed by atoms with Crippen LogP contribution in [0, 0.1) is 0 Å². The first-order valence-corrected chi connectivity index (χ1v) is 7.36. The smallest absolute Gasteiger partial charge is 0.338 e. The van der Waals surface area contributed by atoms with Crippen LogP contribution < -0.4 is 16.6 Å². The van der Waals surface area contributed by atoms with Crippen molar-refractivity contribution in [2.75, 3.05) is 11.9 Å². The Bertz CT molecular complexity index is 836. The van der Waals surface area contributed by atoms with Gasteiger partial charge in [0.25, 0.3) is 5.56 Å². The molecule has 2 aromatic rings. The summed E-state index contributed by atoms with van der Waals surface area (Å²) in [6, 6.07) is 7.51. The molecule has 0 bridgehead atoms. The van der Waals surface area contributed by atoms with Crippen LogP contribution in [0.3, 0.4) is 0 Å². The second kappa shape index (κ2) is 7.91. The lowest BCUT2D eigenvalue weighted by molar-refractivity contribution is -0.116. The number of H-pyrrole nitrogens is 1. The van der Waals surface area contributed by atoms with Crippen LogP contribution in [0.15, 0.2) is 46.1 Å². The Kier molecular flexibility index (Phi) is 5.67. The van der Waals surface area contributed by atoms with Gasteiger partial charge in [-0.05, 0) is 31.2 Å². The Morgan fingerprint density at radius 3 is 2.50 bits per heavy atom. The number of rotatable bonds is 6. The highest BCUT2D eigenvalue weighted by Gasteiger charge is 2.07. The molecule has 1 aromatic carbocycles. The van der Waals surface area contributed by atoms with Gasteiger partial charge in [0.05, 0.1) is 12.2 Å². The SMILES string of the molecule is CCOC(=O)c1ccc(NC(=O)CCn2ccc(=O)[nH]c2=O)cc1. The van der Waals surface area contributed by atoms with Crippen LogP contribution >= 0.6 is 0 Å². The first kappa shape index (κ1) is 17.2. The molecule has 1 heterocycles. The van der Waals surface area contributed by atoms with Crippen molar-refractivity contribution in [3.63, 3.8) is 0 Å². The maximum Gasteiger partial charge on any atom is 0.338 e. The summed E-state index contributed by atoms with van der Waals surface area (Å²) in [6.07, 6.45) is 1.40. The van der Waals surface area contributed by atoms with Crippen LogP contribution in [-0.4, -0.2) is 28.0 Å². The zero-order chi connectivity index (χ0) is 17.5. The van der Waals surface area contributed by atoms with E-state index in [2.05, 4.69) is 10.3 Å². The van der Waals surface area contributed by atoms with Gasteiger partial charge in [-0.2, -0.15) is 0 Å². The monoisotopic (exact) mass is 331 g/mol. The topological polar surface area (TPSA) is 110 Å². The van der Waals surface area contributed by atoms with E-state index >= 15 is 0 Å². The Morgan fingerprint density at radius 2 is 1.88 bits per heavy atom. The van der Waals surface area contributed by atoms with E-state index in [9.17, 15) is 19.2 Å². The van der Waals surface area contributed by atoms with E-state index in [1.807, 2.05) is 0 Å². The Morgan fingerprint density at radius 1 is 1.17 bits per heavy atom. The molecule has 0 saturated carbocycles. The molecule has 0 spiro atoms. The minimum atomic E-state index is -0.561. The molecule has 8 nitrogen and oxygen atoms in total. The van der Waals surface area contributed by atoms with Crippen LogP contribution in [0.5, 0.6) is 0 Å². The lowest BCUT2D eigenvalue weighted by atomic mass is 10.2. The largest absolute Gasteiger partial charge is 0.462 e. The van der Waals surface area contributed by atoms with Gasteiger partial charge in [-0.3, -0.25) is 14.6 Å². The molecule has 1 amide bonds. The lowest BCUT2D eigenvalue weighted by Crippen LogP contribution is -2.29. The Labute approximate surface area is 137 Å². The van der Waals surface area contributed by atoms with Crippen molar-refractivity contribution in [2.24, 2.45) is 0 Å². The van der Waals surface area contributed by atoms with Crippen LogP contribution in [0.1, 0.15) is 23.7 Å². The van der Waals surface area contributed by atoms with E-state index < -0.39 is 17.2 Å². The van der Waals surface area contributed by atoms with Crippen LogP contribution in [0.2, 0.25) is 0 Å². The van der Waals surface area contributed by atoms with E-state index in [1.165, 1.54) is 16.8 Å². The van der Waals surface area contributed by atoms with Crippen LogP contribution in [0.4, 0.5) is 5.69 Å². The summed E-state index contributed by atoms with van der Waals surface area (Å²) < 4.78 is 6.11. The van der Waals surface area contributed by atoms with Gasteiger partial charge in [-0.1, -0.05) is 0 Å². The van der Waals surface area contributed by atoms with Crippen molar-refractivity contribution in [3.8, 4) is 0 Å². The zero-order valence-electron chi connectivity index (χ0n) is 13.1. The first-order valence-electron chi connectivity index (χ1n) is 7.36. The molecule has 0 saturated heterocycles.